The molecule has 1 rings (SSSR count). The number of rotatable bonds is 3. The molecule has 12 heavy (non-hydrogen) atoms. The van der Waals surface area contributed by atoms with E-state index in [-0.39, 0.29) is 9.67 Å². The van der Waals surface area contributed by atoms with Crippen LogP contribution in [0.1, 0.15) is 15.9 Å². The van der Waals surface area contributed by atoms with Gasteiger partial charge in [0.1, 0.15) is 12.0 Å². The van der Waals surface area contributed by atoms with E-state index in [1.54, 1.807) is 12.1 Å². The molecule has 1 aromatic rings. The number of hydrogen-bond acceptors (Lipinski definition) is 2. The van der Waals surface area contributed by atoms with Crippen molar-refractivity contribution >= 4 is 28.9 Å². The minimum absolute atomic E-state index is 0.209. The maximum Gasteiger partial charge on any atom is 0.121 e. The molecule has 3 heteroatoms. The Balaban J connectivity index is 2.74. The minimum Gasteiger partial charge on any atom is -0.508 e. The van der Waals surface area contributed by atoms with Gasteiger partial charge in [-0.1, -0.05) is 34.7 Å². The number of alkyl halides is 1. The number of halogens is 1. The summed E-state index contributed by atoms with van der Waals surface area (Å²) in [5.41, 5.74) is 1.07. The van der Waals surface area contributed by atoms with Crippen LogP contribution >= 0.6 is 22.6 Å². The first-order valence-corrected chi connectivity index (χ1v) is 4.85. The highest BCUT2D eigenvalue weighted by molar-refractivity contribution is 14.1. The number of carbonyl (C=O) groups excluding carboxylic acids is 1. The summed E-state index contributed by atoms with van der Waals surface area (Å²) in [6.07, 6.45) is 1.43. The van der Waals surface area contributed by atoms with Gasteiger partial charge in [0, 0.05) is 10.3 Å². The Morgan fingerprint density at radius 2 is 2.00 bits per heavy atom. The third kappa shape index (κ3) is 2.48. The zero-order chi connectivity index (χ0) is 8.97. The summed E-state index contributed by atoms with van der Waals surface area (Å²) in [5, 5.41) is 9.00. The molecule has 0 radical (unpaired) electrons. The maximum atomic E-state index is 10.2. The van der Waals surface area contributed by atoms with E-state index >= 15 is 0 Å². The molecule has 0 amide bonds. The first kappa shape index (κ1) is 9.51. The quantitative estimate of drug-likeness (QED) is 0.523. The predicted molar refractivity (Wildman–Crippen MR) is 55.5 cm³/mol. The molecule has 0 aliphatic rings. The predicted octanol–water partition coefficient (Wildman–Crippen LogP) is 2.46. The smallest absolute Gasteiger partial charge is 0.121 e. The zero-order valence-electron chi connectivity index (χ0n) is 6.40. The molecule has 0 aliphatic heterocycles. The second kappa shape index (κ2) is 4.45. The highest BCUT2D eigenvalue weighted by Gasteiger charge is 2.05. The number of benzene rings is 1. The van der Waals surface area contributed by atoms with Gasteiger partial charge in [-0.25, -0.2) is 0 Å². The number of phenols is 1. The fourth-order valence-corrected chi connectivity index (χ4v) is 1.53. The summed E-state index contributed by atoms with van der Waals surface area (Å²) in [6, 6.07) is 6.92. The molecule has 0 aliphatic carbocycles. The van der Waals surface area contributed by atoms with Crippen LogP contribution in [0.25, 0.3) is 0 Å². The van der Waals surface area contributed by atoms with Crippen LogP contribution in [0, 0.1) is 0 Å². The first-order chi connectivity index (χ1) is 5.74. The van der Waals surface area contributed by atoms with Crippen molar-refractivity contribution in [2.24, 2.45) is 0 Å². The molecular formula is C9H9IO2. The Kier molecular flexibility index (Phi) is 3.52. The maximum absolute atomic E-state index is 10.2. The number of carbonyl (C=O) groups is 1. The zero-order valence-corrected chi connectivity index (χ0v) is 8.56. The summed E-state index contributed by atoms with van der Waals surface area (Å²) in [7, 11) is 0. The van der Waals surface area contributed by atoms with Crippen LogP contribution in [-0.4, -0.2) is 11.4 Å². The standard InChI is InChI=1S/C9H9IO2/c10-9(5-6-11)7-1-3-8(12)4-2-7/h1-4,6,9,12H,5H2. The number of hydrogen-bond donors (Lipinski definition) is 1. The van der Waals surface area contributed by atoms with Crippen LogP contribution in [0.2, 0.25) is 0 Å². The molecule has 1 aromatic carbocycles. The summed E-state index contributed by atoms with van der Waals surface area (Å²) in [5.74, 6) is 0.258. The van der Waals surface area contributed by atoms with E-state index in [1.165, 1.54) is 0 Å². The van der Waals surface area contributed by atoms with Gasteiger partial charge in [-0.2, -0.15) is 0 Å². The van der Waals surface area contributed by atoms with E-state index in [0.717, 1.165) is 11.8 Å². The van der Waals surface area contributed by atoms with Gasteiger partial charge in [-0.15, -0.1) is 0 Å². The Morgan fingerprint density at radius 1 is 1.42 bits per heavy atom. The van der Waals surface area contributed by atoms with Gasteiger partial charge in [0.2, 0.25) is 0 Å². The van der Waals surface area contributed by atoms with Crippen LogP contribution in [0.15, 0.2) is 24.3 Å². The average Bonchev–Trinajstić information content (AvgIpc) is 2.06. The van der Waals surface area contributed by atoms with Crippen LogP contribution in [0.3, 0.4) is 0 Å². The van der Waals surface area contributed by atoms with Crippen molar-refractivity contribution in [2.75, 3.05) is 0 Å². The van der Waals surface area contributed by atoms with Crippen LogP contribution in [-0.2, 0) is 4.79 Å². The summed E-state index contributed by atoms with van der Waals surface area (Å²) in [6.45, 7) is 0. The van der Waals surface area contributed by atoms with E-state index in [4.69, 9.17) is 5.11 Å². The van der Waals surface area contributed by atoms with E-state index in [1.807, 2.05) is 12.1 Å². The summed E-state index contributed by atoms with van der Waals surface area (Å²) in [4.78, 5) is 10.2. The first-order valence-electron chi connectivity index (χ1n) is 3.60. The molecule has 1 N–H and O–H groups in total. The van der Waals surface area contributed by atoms with Crippen molar-refractivity contribution < 1.29 is 9.90 Å². The van der Waals surface area contributed by atoms with Gasteiger partial charge in [-0.3, -0.25) is 0 Å². The van der Waals surface area contributed by atoms with E-state index in [0.29, 0.717) is 6.42 Å². The van der Waals surface area contributed by atoms with Gasteiger partial charge in [-0.05, 0) is 17.7 Å². The monoisotopic (exact) mass is 276 g/mol. The molecule has 1 unspecified atom stereocenters. The molecule has 0 bridgehead atoms. The van der Waals surface area contributed by atoms with Gasteiger partial charge >= 0.3 is 0 Å². The molecule has 64 valence electrons. The molecule has 0 saturated carbocycles. The topological polar surface area (TPSA) is 37.3 Å². The number of aromatic hydroxyl groups is 1. The van der Waals surface area contributed by atoms with E-state index in [2.05, 4.69) is 22.6 Å². The van der Waals surface area contributed by atoms with Crippen molar-refractivity contribution in [3.8, 4) is 5.75 Å². The molecule has 0 heterocycles. The van der Waals surface area contributed by atoms with E-state index in [9.17, 15) is 4.79 Å². The van der Waals surface area contributed by atoms with Gasteiger partial charge in [0.15, 0.2) is 0 Å². The normalized spacial score (nSPS) is 12.4. The molecule has 2 nitrogen and oxygen atoms in total. The lowest BCUT2D eigenvalue weighted by Gasteiger charge is -2.05. The van der Waals surface area contributed by atoms with Crippen LogP contribution in [0.5, 0.6) is 5.75 Å². The summed E-state index contributed by atoms with van der Waals surface area (Å²) >= 11 is 2.21. The Bertz CT molecular complexity index is 256. The highest BCUT2D eigenvalue weighted by atomic mass is 127. The number of phenolic OH excluding ortho intramolecular Hbond substituents is 1. The third-order valence-electron chi connectivity index (χ3n) is 1.56. The van der Waals surface area contributed by atoms with Gasteiger partial charge in [0.05, 0.1) is 0 Å². The molecule has 0 spiro atoms. The molecule has 0 aromatic heterocycles. The van der Waals surface area contributed by atoms with Gasteiger partial charge in [0.25, 0.3) is 0 Å². The fourth-order valence-electron chi connectivity index (χ4n) is 0.904. The highest BCUT2D eigenvalue weighted by Crippen LogP contribution is 2.26. The molecule has 0 saturated heterocycles. The summed E-state index contributed by atoms with van der Waals surface area (Å²) < 4.78 is 0.209. The van der Waals surface area contributed by atoms with E-state index < -0.39 is 0 Å². The Hall–Kier alpha value is -0.580. The average molecular weight is 276 g/mol. The molecule has 1 atom stereocenters. The SMILES string of the molecule is O=CCC(I)c1ccc(O)cc1. The van der Waals surface area contributed by atoms with Gasteiger partial charge < -0.3 is 9.90 Å². The van der Waals surface area contributed by atoms with Crippen LogP contribution in [0.4, 0.5) is 0 Å². The lowest BCUT2D eigenvalue weighted by Crippen LogP contribution is -1.89. The third-order valence-corrected chi connectivity index (χ3v) is 2.79. The lowest BCUT2D eigenvalue weighted by atomic mass is 10.1. The minimum atomic E-state index is 0.209. The van der Waals surface area contributed by atoms with Crippen molar-refractivity contribution in [3.63, 3.8) is 0 Å². The second-order valence-corrected chi connectivity index (χ2v) is 3.97. The van der Waals surface area contributed by atoms with Crippen molar-refractivity contribution in [3.05, 3.63) is 29.8 Å². The second-order valence-electron chi connectivity index (χ2n) is 2.46. The molecular weight excluding hydrogens is 267 g/mol. The largest absolute Gasteiger partial charge is 0.508 e. The Morgan fingerprint density at radius 3 is 2.50 bits per heavy atom. The lowest BCUT2D eigenvalue weighted by molar-refractivity contribution is -0.107. The van der Waals surface area contributed by atoms with Crippen LogP contribution < -0.4 is 0 Å². The molecule has 0 fully saturated rings. The van der Waals surface area contributed by atoms with Crippen molar-refractivity contribution in [2.45, 2.75) is 10.3 Å². The fraction of sp³-hybridized carbons (Fsp3) is 0.222. The Labute approximate surface area is 84.7 Å². The number of aldehydes is 1. The van der Waals surface area contributed by atoms with Crippen molar-refractivity contribution in [1.29, 1.82) is 0 Å². The van der Waals surface area contributed by atoms with Crippen molar-refractivity contribution in [1.82, 2.24) is 0 Å².